The molecule has 0 spiro atoms. The van der Waals surface area contributed by atoms with Gasteiger partial charge in [0.25, 0.3) is 5.91 Å². The van der Waals surface area contributed by atoms with Crippen LogP contribution in [0.2, 0.25) is 0 Å². The molecule has 10 nitrogen and oxygen atoms in total. The molecule has 5 rings (SSSR count). The Labute approximate surface area is 191 Å². The van der Waals surface area contributed by atoms with Gasteiger partial charge in [-0.3, -0.25) is 24.4 Å². The van der Waals surface area contributed by atoms with Gasteiger partial charge in [-0.25, -0.2) is 14.8 Å². The Bertz CT molecular complexity index is 1130. The van der Waals surface area contributed by atoms with Crippen molar-refractivity contribution < 1.29 is 14.4 Å². The Kier molecular flexibility index (Phi) is 5.07. The maximum Gasteiger partial charge on any atom is 0.328 e. The lowest BCUT2D eigenvalue weighted by molar-refractivity contribution is -0.134. The zero-order valence-corrected chi connectivity index (χ0v) is 18.5. The monoisotopic (exact) mass is 447 g/mol. The molecule has 2 aromatic heterocycles. The Morgan fingerprint density at radius 2 is 2.00 bits per heavy atom. The van der Waals surface area contributed by atoms with Gasteiger partial charge in [0.1, 0.15) is 23.2 Å². The third-order valence-electron chi connectivity index (χ3n) is 6.35. The molecule has 170 valence electrons. The average molecular weight is 447 g/mol. The second kappa shape index (κ2) is 7.95. The largest absolute Gasteiger partial charge is 0.357 e. The average Bonchev–Trinajstić information content (AvgIpc) is 3.48. The number of anilines is 1. The molecule has 4 heterocycles. The molecule has 33 heavy (non-hydrogen) atoms. The van der Waals surface area contributed by atoms with Gasteiger partial charge in [-0.05, 0) is 51.0 Å². The van der Waals surface area contributed by atoms with E-state index in [0.717, 1.165) is 12.8 Å². The third-order valence-corrected chi connectivity index (χ3v) is 6.35. The molecule has 1 saturated heterocycles. The molecule has 2 unspecified atom stereocenters. The highest BCUT2D eigenvalue weighted by Crippen LogP contribution is 2.41. The van der Waals surface area contributed by atoms with Gasteiger partial charge in [0, 0.05) is 42.8 Å². The number of carbonyl (C=O) groups is 3. The summed E-state index contributed by atoms with van der Waals surface area (Å²) in [6.45, 7) is 4.42. The van der Waals surface area contributed by atoms with Crippen LogP contribution in [0.1, 0.15) is 42.6 Å². The molecule has 3 amide bonds. The molecule has 10 heteroatoms. The standard InChI is InChI=1S/C23H25N7O3/c1-3-29-20-17(21(32)30(4-2)22(29)33)26-19(27-20)15-7-8-16(25-13-15)28-23(9-10-23)18(31)14-6-5-11-24-12-14/h5-8,11-13,17,20H,3-4,9-10H2,1-2H3,(H,25,28)(H,26,27). The quantitative estimate of drug-likeness (QED) is 0.619. The molecule has 0 aromatic carbocycles. The molecule has 3 aliphatic rings. The first-order valence-electron chi connectivity index (χ1n) is 11.1. The van der Waals surface area contributed by atoms with Crippen molar-refractivity contribution >= 4 is 29.4 Å². The van der Waals surface area contributed by atoms with Gasteiger partial charge in [0.05, 0.1) is 0 Å². The van der Waals surface area contributed by atoms with Crippen molar-refractivity contribution in [2.75, 3.05) is 18.4 Å². The van der Waals surface area contributed by atoms with Gasteiger partial charge in [0.15, 0.2) is 11.9 Å². The Morgan fingerprint density at radius 3 is 2.61 bits per heavy atom. The fourth-order valence-electron chi connectivity index (χ4n) is 4.37. The topological polar surface area (TPSA) is 120 Å². The van der Waals surface area contributed by atoms with Crippen molar-refractivity contribution in [1.82, 2.24) is 25.1 Å². The minimum absolute atomic E-state index is 0.00991. The van der Waals surface area contributed by atoms with Crippen LogP contribution in [0.4, 0.5) is 10.6 Å². The number of aliphatic imine (C=N–C) groups is 1. The summed E-state index contributed by atoms with van der Waals surface area (Å²) >= 11 is 0. The van der Waals surface area contributed by atoms with Crippen LogP contribution in [0, 0.1) is 0 Å². The van der Waals surface area contributed by atoms with E-state index in [1.54, 1.807) is 48.6 Å². The highest BCUT2D eigenvalue weighted by atomic mass is 16.2. The van der Waals surface area contributed by atoms with Crippen molar-refractivity contribution in [1.29, 1.82) is 0 Å². The van der Waals surface area contributed by atoms with E-state index in [1.807, 2.05) is 13.0 Å². The van der Waals surface area contributed by atoms with Crippen molar-refractivity contribution in [3.63, 3.8) is 0 Å². The SMILES string of the molecule is CCN1C(=O)C2NC(c3ccc(NC4(C(=O)c5cccnc5)CC4)nc3)=NC2N(CC)C1=O. The lowest BCUT2D eigenvalue weighted by Gasteiger charge is -2.39. The van der Waals surface area contributed by atoms with Crippen LogP contribution in [-0.4, -0.2) is 74.2 Å². The van der Waals surface area contributed by atoms with Gasteiger partial charge in [-0.1, -0.05) is 0 Å². The number of ketones is 1. The number of nitrogens with zero attached hydrogens (tertiary/aromatic N) is 5. The van der Waals surface area contributed by atoms with E-state index < -0.39 is 17.7 Å². The number of aromatic nitrogens is 2. The van der Waals surface area contributed by atoms with E-state index in [-0.39, 0.29) is 17.7 Å². The third kappa shape index (κ3) is 3.51. The van der Waals surface area contributed by atoms with Crippen molar-refractivity contribution in [2.24, 2.45) is 4.99 Å². The fourth-order valence-corrected chi connectivity index (χ4v) is 4.37. The number of amides is 3. The normalized spacial score (nSPS) is 23.0. The Balaban J connectivity index is 1.32. The van der Waals surface area contributed by atoms with Crippen molar-refractivity contribution in [2.45, 2.75) is 44.4 Å². The summed E-state index contributed by atoms with van der Waals surface area (Å²) < 4.78 is 0. The maximum absolute atomic E-state index is 12.9. The number of hydrogen-bond acceptors (Lipinski definition) is 8. The number of nitrogens with one attached hydrogen (secondary N) is 2. The maximum atomic E-state index is 12.9. The van der Waals surface area contributed by atoms with E-state index in [4.69, 9.17) is 0 Å². The van der Waals surface area contributed by atoms with Gasteiger partial charge in [-0.2, -0.15) is 0 Å². The number of carbonyl (C=O) groups excluding carboxylic acids is 3. The van der Waals surface area contributed by atoms with Gasteiger partial charge in [-0.15, -0.1) is 0 Å². The molecule has 1 saturated carbocycles. The second-order valence-corrected chi connectivity index (χ2v) is 8.37. The molecular weight excluding hydrogens is 422 g/mol. The lowest BCUT2D eigenvalue weighted by Crippen LogP contribution is -2.65. The van der Waals surface area contributed by atoms with Crippen molar-refractivity contribution in [3.05, 3.63) is 54.0 Å². The van der Waals surface area contributed by atoms with Crippen LogP contribution in [0.25, 0.3) is 0 Å². The predicted octanol–water partition coefficient (Wildman–Crippen LogP) is 1.65. The van der Waals surface area contributed by atoms with Gasteiger partial charge in [0.2, 0.25) is 0 Å². The molecule has 0 bridgehead atoms. The number of imide groups is 1. The van der Waals surface area contributed by atoms with Crippen LogP contribution in [0.3, 0.4) is 0 Å². The highest BCUT2D eigenvalue weighted by molar-refractivity contribution is 6.08. The smallest absolute Gasteiger partial charge is 0.328 e. The summed E-state index contributed by atoms with van der Waals surface area (Å²) in [5, 5.41) is 6.45. The number of likely N-dealkylation sites (N-methyl/N-ethyl adjacent to an activating group) is 2. The molecule has 2 atom stereocenters. The summed E-state index contributed by atoms with van der Waals surface area (Å²) in [5.74, 6) is 0.847. The molecule has 2 fully saturated rings. The van der Waals surface area contributed by atoms with Crippen LogP contribution in [-0.2, 0) is 4.79 Å². The highest BCUT2D eigenvalue weighted by Gasteiger charge is 2.51. The fraction of sp³-hybridized carbons (Fsp3) is 0.391. The summed E-state index contributed by atoms with van der Waals surface area (Å²) in [4.78, 5) is 54.2. The number of urea groups is 1. The van der Waals surface area contributed by atoms with Gasteiger partial charge >= 0.3 is 6.03 Å². The molecule has 0 radical (unpaired) electrons. The van der Waals surface area contributed by atoms with Crippen molar-refractivity contribution in [3.8, 4) is 0 Å². The second-order valence-electron chi connectivity index (χ2n) is 8.37. The van der Waals surface area contributed by atoms with E-state index in [1.165, 1.54) is 4.90 Å². The number of fused-ring (bicyclic) bond motifs is 1. The Hall–Kier alpha value is -3.82. The first-order valence-corrected chi connectivity index (χ1v) is 11.1. The summed E-state index contributed by atoms with van der Waals surface area (Å²) in [6, 6.07) is 6.22. The number of rotatable bonds is 7. The first kappa shape index (κ1) is 21.0. The summed E-state index contributed by atoms with van der Waals surface area (Å²) in [7, 11) is 0. The lowest BCUT2D eigenvalue weighted by atomic mass is 10.0. The minimum atomic E-state index is -0.645. The van der Waals surface area contributed by atoms with Crippen LogP contribution < -0.4 is 10.6 Å². The molecule has 1 aliphatic carbocycles. The van der Waals surface area contributed by atoms with E-state index in [9.17, 15) is 14.4 Å². The molecule has 2 aromatic rings. The Morgan fingerprint density at radius 1 is 1.18 bits per heavy atom. The molecular formula is C23H25N7O3. The zero-order valence-electron chi connectivity index (χ0n) is 18.5. The number of amidine groups is 1. The van der Waals surface area contributed by atoms with E-state index in [0.29, 0.717) is 35.9 Å². The number of pyridine rings is 2. The van der Waals surface area contributed by atoms with E-state index in [2.05, 4.69) is 25.6 Å². The minimum Gasteiger partial charge on any atom is -0.357 e. The summed E-state index contributed by atoms with van der Waals surface area (Å²) in [5.41, 5.74) is 0.637. The summed E-state index contributed by atoms with van der Waals surface area (Å²) in [6.07, 6.45) is 5.77. The number of Topliss-reactive ketones (excluding diaryl/α,β-unsaturated/α-hetero) is 1. The number of hydrogen-bond donors (Lipinski definition) is 2. The van der Waals surface area contributed by atoms with Crippen LogP contribution in [0.5, 0.6) is 0 Å². The zero-order chi connectivity index (χ0) is 23.2. The van der Waals surface area contributed by atoms with Gasteiger partial charge < -0.3 is 10.6 Å². The molecule has 2 aliphatic heterocycles. The molecule has 2 N–H and O–H groups in total. The van der Waals surface area contributed by atoms with Crippen LogP contribution in [0.15, 0.2) is 47.8 Å². The predicted molar refractivity (Wildman–Crippen MR) is 121 cm³/mol. The van der Waals surface area contributed by atoms with Crippen LogP contribution >= 0.6 is 0 Å². The first-order chi connectivity index (χ1) is 16.0. The van der Waals surface area contributed by atoms with E-state index >= 15 is 0 Å².